The highest BCUT2D eigenvalue weighted by Gasteiger charge is 2.48. The molecule has 1 aromatic heterocycles. The zero-order chi connectivity index (χ0) is 31.1. The number of aryl methyl sites for hydroxylation is 1. The summed E-state index contributed by atoms with van der Waals surface area (Å²) in [7, 11) is 1.25. The number of Topliss-reactive ketones (excluding diaryl/α,β-unsaturated/α-hetero) is 1. The van der Waals surface area contributed by atoms with Crippen molar-refractivity contribution in [2.75, 3.05) is 31.8 Å². The minimum absolute atomic E-state index is 0.119. The predicted molar refractivity (Wildman–Crippen MR) is 163 cm³/mol. The third kappa shape index (κ3) is 6.67. The number of rotatable bonds is 13. The van der Waals surface area contributed by atoms with Crippen molar-refractivity contribution >= 4 is 39.9 Å². The number of carbonyl (C=O) groups is 3. The van der Waals surface area contributed by atoms with Crippen molar-refractivity contribution in [3.05, 3.63) is 69.7 Å². The van der Waals surface area contributed by atoms with E-state index in [0.29, 0.717) is 53.9 Å². The third-order valence-corrected chi connectivity index (χ3v) is 7.88. The second-order valence-corrected chi connectivity index (χ2v) is 10.8. The second-order valence-electron chi connectivity index (χ2n) is 9.79. The lowest BCUT2D eigenvalue weighted by Crippen LogP contribution is -2.29. The van der Waals surface area contributed by atoms with Crippen molar-refractivity contribution in [1.29, 1.82) is 0 Å². The fourth-order valence-electron chi connectivity index (χ4n) is 4.61. The molecule has 0 saturated carbocycles. The Labute approximate surface area is 254 Å². The highest BCUT2D eigenvalue weighted by atomic mass is 32.1. The molecule has 1 saturated heterocycles. The maximum atomic E-state index is 13.6. The van der Waals surface area contributed by atoms with Crippen LogP contribution in [0.1, 0.15) is 72.6 Å². The van der Waals surface area contributed by atoms with E-state index in [4.69, 9.17) is 18.9 Å². The van der Waals surface area contributed by atoms with Crippen LogP contribution in [0, 0.1) is 6.92 Å². The first kappa shape index (κ1) is 31.6. The van der Waals surface area contributed by atoms with Gasteiger partial charge in [0.25, 0.3) is 5.78 Å². The Kier molecular flexibility index (Phi) is 10.4. The fourth-order valence-corrected chi connectivity index (χ4v) is 5.62. The van der Waals surface area contributed by atoms with Crippen LogP contribution in [-0.4, -0.2) is 54.7 Å². The Morgan fingerprint density at radius 1 is 0.977 bits per heavy atom. The van der Waals surface area contributed by atoms with E-state index >= 15 is 0 Å². The van der Waals surface area contributed by atoms with Gasteiger partial charge in [-0.3, -0.25) is 14.5 Å². The maximum Gasteiger partial charge on any atom is 0.350 e. The van der Waals surface area contributed by atoms with Gasteiger partial charge in [0, 0.05) is 5.56 Å². The van der Waals surface area contributed by atoms with Gasteiger partial charge in [-0.15, -0.1) is 0 Å². The number of anilines is 1. The highest BCUT2D eigenvalue weighted by Crippen LogP contribution is 2.45. The molecule has 1 fully saturated rings. The molecule has 1 atom stereocenters. The smallest absolute Gasteiger partial charge is 0.350 e. The Bertz CT molecular complexity index is 1510. The number of aliphatic hydroxyl groups is 1. The molecule has 2 heterocycles. The van der Waals surface area contributed by atoms with Gasteiger partial charge in [0.1, 0.15) is 16.4 Å². The van der Waals surface area contributed by atoms with Gasteiger partial charge < -0.3 is 24.1 Å². The topological polar surface area (TPSA) is 124 Å². The zero-order valence-electron chi connectivity index (χ0n) is 25.0. The molecule has 3 aromatic rings. The monoisotopic (exact) mass is 608 g/mol. The molecule has 11 heteroatoms. The van der Waals surface area contributed by atoms with E-state index in [0.717, 1.165) is 30.6 Å². The first-order chi connectivity index (χ1) is 20.7. The number of carbonyl (C=O) groups excluding carboxylic acids is 3. The Hall–Kier alpha value is -4.38. The summed E-state index contributed by atoms with van der Waals surface area (Å²) in [5.41, 5.74) is 1.05. The van der Waals surface area contributed by atoms with E-state index in [-0.39, 0.29) is 21.3 Å². The normalized spacial score (nSPS) is 15.9. The summed E-state index contributed by atoms with van der Waals surface area (Å²) in [6.45, 7) is 8.92. The number of hydrogen-bond acceptors (Lipinski definition) is 10. The summed E-state index contributed by atoms with van der Waals surface area (Å²) in [5.74, 6) is -1.16. The molecule has 0 radical (unpaired) electrons. The van der Waals surface area contributed by atoms with E-state index in [1.165, 1.54) is 12.0 Å². The summed E-state index contributed by atoms with van der Waals surface area (Å²) >= 11 is 0.934. The SMILES string of the molecule is CCCCOc1ccc(/C(O)=C2\C(=O)C(=O)N(c3nc(C)c(C(=O)OC)s3)C2c2ccc(OCCC)c(OCC)c2)cc1. The average Bonchev–Trinajstić information content (AvgIpc) is 3.52. The van der Waals surface area contributed by atoms with Crippen molar-refractivity contribution in [1.82, 2.24) is 4.98 Å². The molecule has 0 aliphatic carbocycles. The molecule has 43 heavy (non-hydrogen) atoms. The van der Waals surface area contributed by atoms with E-state index < -0.39 is 23.7 Å². The Morgan fingerprint density at radius 3 is 2.37 bits per heavy atom. The van der Waals surface area contributed by atoms with E-state index in [2.05, 4.69) is 11.9 Å². The molecule has 1 N–H and O–H groups in total. The number of amides is 1. The van der Waals surface area contributed by atoms with Crippen molar-refractivity contribution in [3.8, 4) is 17.2 Å². The minimum Gasteiger partial charge on any atom is -0.507 e. The highest BCUT2D eigenvalue weighted by molar-refractivity contribution is 7.17. The van der Waals surface area contributed by atoms with Crippen LogP contribution >= 0.6 is 11.3 Å². The molecule has 228 valence electrons. The minimum atomic E-state index is -1.07. The van der Waals surface area contributed by atoms with Crippen molar-refractivity contribution in [2.45, 2.75) is 53.0 Å². The predicted octanol–water partition coefficient (Wildman–Crippen LogP) is 6.23. The standard InChI is InChI=1S/C32H36N2O8S/c1-6-9-17-41-22-13-10-20(11-14-22)27(35)25-26(21-12-15-23(42-16-7-2)24(18-21)40-8-3)34(30(37)28(25)36)32-33-19(4)29(43-32)31(38)39-5/h10-15,18,26,35H,6-9,16-17H2,1-5H3/b27-25+. The van der Waals surface area contributed by atoms with Crippen molar-refractivity contribution in [2.24, 2.45) is 0 Å². The number of esters is 1. The number of hydrogen-bond donors (Lipinski definition) is 1. The summed E-state index contributed by atoms with van der Waals surface area (Å²) in [5, 5.41) is 11.6. The van der Waals surface area contributed by atoms with E-state index in [1.807, 2.05) is 13.8 Å². The van der Waals surface area contributed by atoms with Crippen LogP contribution in [0.25, 0.3) is 5.76 Å². The number of aromatic nitrogens is 1. The third-order valence-electron chi connectivity index (χ3n) is 6.75. The second kappa shape index (κ2) is 14.2. The number of ketones is 1. The van der Waals surface area contributed by atoms with Gasteiger partial charge >= 0.3 is 11.9 Å². The molecular formula is C32H36N2O8S. The quantitative estimate of drug-likeness (QED) is 0.0790. The van der Waals surface area contributed by atoms with Gasteiger partial charge in [0.05, 0.1) is 44.2 Å². The van der Waals surface area contributed by atoms with E-state index in [1.54, 1.807) is 49.4 Å². The zero-order valence-corrected chi connectivity index (χ0v) is 25.8. The number of nitrogens with zero attached hydrogens (tertiary/aromatic N) is 2. The van der Waals surface area contributed by atoms with Crippen LogP contribution < -0.4 is 19.1 Å². The summed E-state index contributed by atoms with van der Waals surface area (Å²) < 4.78 is 22.3. The fraction of sp³-hybridized carbons (Fsp3) is 0.375. The van der Waals surface area contributed by atoms with Crippen LogP contribution in [-0.2, 0) is 14.3 Å². The molecule has 1 aliphatic rings. The number of benzene rings is 2. The summed E-state index contributed by atoms with van der Waals surface area (Å²) in [4.78, 5) is 45.5. The Balaban J connectivity index is 1.87. The largest absolute Gasteiger partial charge is 0.507 e. The number of ether oxygens (including phenoxy) is 4. The first-order valence-corrected chi connectivity index (χ1v) is 15.1. The molecular weight excluding hydrogens is 572 g/mol. The Morgan fingerprint density at radius 2 is 1.72 bits per heavy atom. The lowest BCUT2D eigenvalue weighted by atomic mass is 9.95. The van der Waals surface area contributed by atoms with Crippen LogP contribution in [0.3, 0.4) is 0 Å². The van der Waals surface area contributed by atoms with Gasteiger partial charge in [-0.2, -0.15) is 0 Å². The van der Waals surface area contributed by atoms with Crippen LogP contribution in [0.2, 0.25) is 0 Å². The summed E-state index contributed by atoms with van der Waals surface area (Å²) in [6.07, 6.45) is 2.70. The average molecular weight is 609 g/mol. The molecule has 1 aliphatic heterocycles. The lowest BCUT2D eigenvalue weighted by molar-refractivity contribution is -0.132. The summed E-state index contributed by atoms with van der Waals surface area (Å²) in [6, 6.07) is 10.7. The van der Waals surface area contributed by atoms with Gasteiger partial charge in [-0.25, -0.2) is 9.78 Å². The molecule has 0 spiro atoms. The maximum absolute atomic E-state index is 13.6. The number of methoxy groups -OCH3 is 1. The molecule has 2 aromatic carbocycles. The first-order valence-electron chi connectivity index (χ1n) is 14.2. The van der Waals surface area contributed by atoms with Gasteiger partial charge in [0.2, 0.25) is 0 Å². The van der Waals surface area contributed by atoms with Gasteiger partial charge in [0.15, 0.2) is 16.6 Å². The number of aliphatic hydroxyl groups excluding tert-OH is 1. The number of unbranched alkanes of at least 4 members (excludes halogenated alkanes) is 1. The van der Waals surface area contributed by atoms with Crippen LogP contribution in [0.5, 0.6) is 17.2 Å². The van der Waals surface area contributed by atoms with E-state index in [9.17, 15) is 19.5 Å². The van der Waals surface area contributed by atoms with Gasteiger partial charge in [-0.05, 0) is 68.7 Å². The lowest BCUT2D eigenvalue weighted by Gasteiger charge is -2.24. The molecule has 10 nitrogen and oxygen atoms in total. The van der Waals surface area contributed by atoms with Crippen molar-refractivity contribution < 1.29 is 38.4 Å². The van der Waals surface area contributed by atoms with Gasteiger partial charge in [-0.1, -0.05) is 37.7 Å². The molecule has 1 unspecified atom stereocenters. The number of thiazole rings is 1. The molecule has 0 bridgehead atoms. The molecule has 4 rings (SSSR count). The molecule has 1 amide bonds. The van der Waals surface area contributed by atoms with Crippen LogP contribution in [0.15, 0.2) is 48.0 Å². The van der Waals surface area contributed by atoms with Crippen LogP contribution in [0.4, 0.5) is 5.13 Å². The van der Waals surface area contributed by atoms with Crippen molar-refractivity contribution in [3.63, 3.8) is 0 Å².